The van der Waals surface area contributed by atoms with Gasteiger partial charge in [0, 0.05) is 22.8 Å². The average molecular weight is 554 g/mol. The number of aryl methyl sites for hydroxylation is 1. The zero-order chi connectivity index (χ0) is 25.6. The number of esters is 1. The second kappa shape index (κ2) is 11.4. The number of aromatic nitrogens is 2. The van der Waals surface area contributed by atoms with E-state index in [-0.39, 0.29) is 5.97 Å². The Balaban J connectivity index is 1.35. The average Bonchev–Trinajstić information content (AvgIpc) is 3.29. The number of hydrogen-bond donors (Lipinski definition) is 1. The molecule has 37 heavy (non-hydrogen) atoms. The molecule has 3 aromatic carbocycles. The first-order valence-corrected chi connectivity index (χ1v) is 13.3. The van der Waals surface area contributed by atoms with Crippen LogP contribution < -0.4 is 10.1 Å². The molecule has 0 atom stereocenters. The normalized spacial score (nSPS) is 11.0. The maximum absolute atomic E-state index is 12.7. The van der Waals surface area contributed by atoms with Gasteiger partial charge < -0.3 is 10.1 Å². The van der Waals surface area contributed by atoms with E-state index >= 15 is 0 Å². The number of benzene rings is 3. The number of hydrogen-bond acceptors (Lipinski definition) is 4. The molecule has 186 valence electrons. The quantitative estimate of drug-likeness (QED) is 0.149. The van der Waals surface area contributed by atoms with Crippen molar-refractivity contribution in [2.45, 2.75) is 32.7 Å². The summed E-state index contributed by atoms with van der Waals surface area (Å²) in [7, 11) is 0. The molecule has 6 heteroatoms. The van der Waals surface area contributed by atoms with Gasteiger partial charge >= 0.3 is 5.97 Å². The van der Waals surface area contributed by atoms with E-state index in [2.05, 4.69) is 40.3 Å². The van der Waals surface area contributed by atoms with E-state index < -0.39 is 0 Å². The standard InChI is InChI=1S/C31H28BrN3O2/c1-2-3-7-22-10-12-25(13-11-22)31(36)37-27-17-14-24(15-18-27)29-30(33-20-23-8-5-4-6-9-23)35-21-26(32)16-19-28(35)34-29/h4-6,8-19,21,33H,2-3,7,20H2,1H3. The Labute approximate surface area is 225 Å². The number of anilines is 1. The molecule has 0 aliphatic heterocycles. The van der Waals surface area contributed by atoms with E-state index in [1.54, 1.807) is 0 Å². The van der Waals surface area contributed by atoms with E-state index in [4.69, 9.17) is 9.72 Å². The molecule has 0 fully saturated rings. The number of pyridine rings is 1. The number of nitrogens with one attached hydrogen (secondary N) is 1. The number of halogens is 1. The molecule has 5 aromatic rings. The van der Waals surface area contributed by atoms with Crippen molar-refractivity contribution in [1.82, 2.24) is 9.38 Å². The summed E-state index contributed by atoms with van der Waals surface area (Å²) in [6, 6.07) is 29.4. The van der Waals surface area contributed by atoms with Crippen LogP contribution in [0.15, 0.2) is 102 Å². The second-order valence-corrected chi connectivity index (χ2v) is 9.85. The van der Waals surface area contributed by atoms with Crippen LogP contribution >= 0.6 is 15.9 Å². The summed E-state index contributed by atoms with van der Waals surface area (Å²) >= 11 is 3.57. The zero-order valence-corrected chi connectivity index (χ0v) is 22.2. The Kier molecular flexibility index (Phi) is 7.66. The van der Waals surface area contributed by atoms with Gasteiger partial charge in [0.1, 0.15) is 22.9 Å². The van der Waals surface area contributed by atoms with E-state index in [0.29, 0.717) is 17.9 Å². The molecule has 5 nitrogen and oxygen atoms in total. The number of carbonyl (C=O) groups is 1. The molecule has 5 rings (SSSR count). The van der Waals surface area contributed by atoms with Crippen LogP contribution in [0.25, 0.3) is 16.9 Å². The molecule has 0 spiro atoms. The first-order chi connectivity index (χ1) is 18.1. The molecular weight excluding hydrogens is 526 g/mol. The monoisotopic (exact) mass is 553 g/mol. The summed E-state index contributed by atoms with van der Waals surface area (Å²) in [5.74, 6) is 1.03. The summed E-state index contributed by atoms with van der Waals surface area (Å²) in [6.07, 6.45) is 5.32. The molecule has 0 bridgehead atoms. The van der Waals surface area contributed by atoms with E-state index in [1.165, 1.54) is 11.1 Å². The molecule has 0 amide bonds. The predicted molar refractivity (Wildman–Crippen MR) is 152 cm³/mol. The van der Waals surface area contributed by atoms with E-state index in [9.17, 15) is 4.79 Å². The maximum Gasteiger partial charge on any atom is 0.343 e. The Morgan fingerprint density at radius 3 is 2.41 bits per heavy atom. The third-order valence-corrected chi connectivity index (χ3v) is 6.70. The Morgan fingerprint density at radius 2 is 1.68 bits per heavy atom. The fraction of sp³-hybridized carbons (Fsp3) is 0.161. The molecule has 0 saturated carbocycles. The SMILES string of the molecule is CCCCc1ccc(C(=O)Oc2ccc(-c3nc4ccc(Br)cn4c3NCc3ccccc3)cc2)cc1. The van der Waals surface area contributed by atoms with Crippen LogP contribution in [0.4, 0.5) is 5.82 Å². The minimum Gasteiger partial charge on any atom is -0.423 e. The predicted octanol–water partition coefficient (Wildman–Crippen LogP) is 7.94. The highest BCUT2D eigenvalue weighted by Gasteiger charge is 2.15. The van der Waals surface area contributed by atoms with Gasteiger partial charge in [-0.15, -0.1) is 0 Å². The third kappa shape index (κ3) is 5.92. The highest BCUT2D eigenvalue weighted by molar-refractivity contribution is 9.10. The maximum atomic E-state index is 12.7. The smallest absolute Gasteiger partial charge is 0.343 e. The number of ether oxygens (including phenoxy) is 1. The van der Waals surface area contributed by atoms with Gasteiger partial charge in [-0.3, -0.25) is 4.40 Å². The van der Waals surface area contributed by atoms with Crippen LogP contribution in [-0.2, 0) is 13.0 Å². The Morgan fingerprint density at radius 1 is 0.919 bits per heavy atom. The van der Waals surface area contributed by atoms with Crippen molar-refractivity contribution in [3.8, 4) is 17.0 Å². The van der Waals surface area contributed by atoms with Gasteiger partial charge in [0.25, 0.3) is 0 Å². The van der Waals surface area contributed by atoms with Gasteiger partial charge in [-0.05, 0) is 88.4 Å². The van der Waals surface area contributed by atoms with Crippen LogP contribution in [0.1, 0.15) is 41.3 Å². The first-order valence-electron chi connectivity index (χ1n) is 12.5. The van der Waals surface area contributed by atoms with Crippen LogP contribution in [-0.4, -0.2) is 15.4 Å². The summed E-state index contributed by atoms with van der Waals surface area (Å²) in [6.45, 7) is 2.84. The summed E-state index contributed by atoms with van der Waals surface area (Å²) in [5.41, 5.74) is 5.55. The molecule has 2 heterocycles. The molecule has 0 saturated heterocycles. The number of imidazole rings is 1. The van der Waals surface area contributed by atoms with Gasteiger partial charge in [0.2, 0.25) is 0 Å². The molecule has 0 unspecified atom stereocenters. The lowest BCUT2D eigenvalue weighted by atomic mass is 10.1. The van der Waals surface area contributed by atoms with Crippen molar-refractivity contribution in [2.24, 2.45) is 0 Å². The summed E-state index contributed by atoms with van der Waals surface area (Å²) in [5, 5.41) is 3.56. The highest BCUT2D eigenvalue weighted by atomic mass is 79.9. The number of nitrogens with zero attached hydrogens (tertiary/aromatic N) is 2. The third-order valence-electron chi connectivity index (χ3n) is 6.23. The minimum atomic E-state index is -0.363. The van der Waals surface area contributed by atoms with Crippen LogP contribution in [0.2, 0.25) is 0 Å². The first kappa shape index (κ1) is 24.8. The fourth-order valence-electron chi connectivity index (χ4n) is 4.21. The lowest BCUT2D eigenvalue weighted by molar-refractivity contribution is 0.0735. The molecular formula is C31H28BrN3O2. The van der Waals surface area contributed by atoms with Gasteiger partial charge in [0.15, 0.2) is 0 Å². The van der Waals surface area contributed by atoms with Crippen molar-refractivity contribution in [3.05, 3.63) is 118 Å². The molecule has 0 aliphatic rings. The summed E-state index contributed by atoms with van der Waals surface area (Å²) in [4.78, 5) is 17.5. The van der Waals surface area contributed by atoms with Gasteiger partial charge in [-0.2, -0.15) is 0 Å². The fourth-order valence-corrected chi connectivity index (χ4v) is 4.54. The molecule has 0 radical (unpaired) electrons. The summed E-state index contributed by atoms with van der Waals surface area (Å²) < 4.78 is 8.64. The minimum absolute atomic E-state index is 0.363. The number of fused-ring (bicyclic) bond motifs is 1. The van der Waals surface area contributed by atoms with Crippen LogP contribution in [0.3, 0.4) is 0 Å². The number of unbranched alkanes of at least 4 members (excludes halogenated alkanes) is 1. The lowest BCUT2D eigenvalue weighted by Gasteiger charge is -2.10. The lowest BCUT2D eigenvalue weighted by Crippen LogP contribution is -2.08. The Hall–Kier alpha value is -3.90. The van der Waals surface area contributed by atoms with E-state index in [0.717, 1.165) is 46.5 Å². The van der Waals surface area contributed by atoms with Crippen molar-refractivity contribution >= 4 is 33.4 Å². The van der Waals surface area contributed by atoms with Crippen molar-refractivity contribution in [2.75, 3.05) is 5.32 Å². The van der Waals surface area contributed by atoms with Crippen molar-refractivity contribution in [3.63, 3.8) is 0 Å². The van der Waals surface area contributed by atoms with Crippen molar-refractivity contribution in [1.29, 1.82) is 0 Å². The van der Waals surface area contributed by atoms with Crippen LogP contribution in [0, 0.1) is 0 Å². The largest absolute Gasteiger partial charge is 0.423 e. The van der Waals surface area contributed by atoms with Gasteiger partial charge in [-0.25, -0.2) is 9.78 Å². The zero-order valence-electron chi connectivity index (χ0n) is 20.7. The molecule has 2 aromatic heterocycles. The Bertz CT molecular complexity index is 1490. The van der Waals surface area contributed by atoms with Crippen LogP contribution in [0.5, 0.6) is 5.75 Å². The number of carbonyl (C=O) groups excluding carboxylic acids is 1. The number of rotatable bonds is 9. The molecule has 0 aliphatic carbocycles. The topological polar surface area (TPSA) is 55.6 Å². The molecule has 1 N–H and O–H groups in total. The van der Waals surface area contributed by atoms with Gasteiger partial charge in [-0.1, -0.05) is 55.8 Å². The van der Waals surface area contributed by atoms with Crippen molar-refractivity contribution < 1.29 is 9.53 Å². The highest BCUT2D eigenvalue weighted by Crippen LogP contribution is 2.31. The van der Waals surface area contributed by atoms with E-state index in [1.807, 2.05) is 89.5 Å². The van der Waals surface area contributed by atoms with Gasteiger partial charge in [0.05, 0.1) is 5.56 Å². The second-order valence-electron chi connectivity index (χ2n) is 8.94.